The normalized spacial score (nSPS) is 10.3. The maximum absolute atomic E-state index is 13.3. The number of hydrogen-bond acceptors (Lipinski definition) is 1. The van der Waals surface area contributed by atoms with Crippen molar-refractivity contribution in [3.05, 3.63) is 53.9 Å². The van der Waals surface area contributed by atoms with Crippen molar-refractivity contribution in [2.75, 3.05) is 0 Å². The van der Waals surface area contributed by atoms with Crippen molar-refractivity contribution in [3.8, 4) is 5.69 Å². The van der Waals surface area contributed by atoms with Crippen LogP contribution in [0.1, 0.15) is 11.4 Å². The van der Waals surface area contributed by atoms with Gasteiger partial charge in [0.2, 0.25) is 11.4 Å². The summed E-state index contributed by atoms with van der Waals surface area (Å²) in [7, 11) is 0. The molecule has 2 aromatic heterocycles. The van der Waals surface area contributed by atoms with Crippen molar-refractivity contribution < 1.29 is 8.96 Å². The molecule has 0 amide bonds. The van der Waals surface area contributed by atoms with E-state index in [1.165, 1.54) is 6.07 Å². The lowest BCUT2D eigenvalue weighted by Gasteiger charge is -2.00. The fourth-order valence-electron chi connectivity index (χ4n) is 1.52. The summed E-state index contributed by atoms with van der Waals surface area (Å²) in [6.45, 7) is 3.67. The number of hydrogen-bond donors (Lipinski definition) is 0. The summed E-state index contributed by atoms with van der Waals surface area (Å²) < 4.78 is 15.1. The highest BCUT2D eigenvalue weighted by Gasteiger charge is 2.13. The molecule has 0 radical (unpaired) electrons. The zero-order valence-corrected chi connectivity index (χ0v) is 8.74. The SMILES string of the molecule is Cc1cc(-[n+]2cccc(F)c2C)ccn1. The van der Waals surface area contributed by atoms with Crippen LogP contribution in [0.4, 0.5) is 4.39 Å². The van der Waals surface area contributed by atoms with Gasteiger partial charge in [-0.05, 0) is 13.0 Å². The first kappa shape index (κ1) is 9.77. The lowest BCUT2D eigenvalue weighted by Crippen LogP contribution is -2.34. The Balaban J connectivity index is 2.59. The second-order valence-corrected chi connectivity index (χ2v) is 3.47. The first-order chi connectivity index (χ1) is 7.18. The second-order valence-electron chi connectivity index (χ2n) is 3.47. The fourth-order valence-corrected chi connectivity index (χ4v) is 1.52. The van der Waals surface area contributed by atoms with Crippen LogP contribution in [0.3, 0.4) is 0 Å². The number of pyridine rings is 2. The Hall–Kier alpha value is -1.77. The van der Waals surface area contributed by atoms with Crippen LogP contribution in [0.25, 0.3) is 5.69 Å². The summed E-state index contributed by atoms with van der Waals surface area (Å²) in [6.07, 6.45) is 3.56. The van der Waals surface area contributed by atoms with Crippen molar-refractivity contribution in [1.29, 1.82) is 0 Å². The molecule has 0 aliphatic rings. The van der Waals surface area contributed by atoms with E-state index < -0.39 is 0 Å². The average molecular weight is 203 g/mol. The third-order valence-corrected chi connectivity index (χ3v) is 2.34. The van der Waals surface area contributed by atoms with E-state index in [9.17, 15) is 4.39 Å². The molecule has 0 saturated heterocycles. The highest BCUT2D eigenvalue weighted by molar-refractivity contribution is 5.23. The number of nitrogens with zero attached hydrogens (tertiary/aromatic N) is 2. The maximum atomic E-state index is 13.3. The third-order valence-electron chi connectivity index (χ3n) is 2.34. The fraction of sp³-hybridized carbons (Fsp3) is 0.167. The molecule has 0 saturated carbocycles. The minimum Gasteiger partial charge on any atom is -0.261 e. The van der Waals surface area contributed by atoms with Gasteiger partial charge in [0.05, 0.1) is 0 Å². The van der Waals surface area contributed by atoms with Gasteiger partial charge in [0.25, 0.3) is 0 Å². The number of halogens is 1. The van der Waals surface area contributed by atoms with Gasteiger partial charge >= 0.3 is 0 Å². The van der Waals surface area contributed by atoms with Gasteiger partial charge in [-0.1, -0.05) is 0 Å². The summed E-state index contributed by atoms with van der Waals surface area (Å²) >= 11 is 0. The largest absolute Gasteiger partial charge is 0.261 e. The van der Waals surface area contributed by atoms with Crippen LogP contribution in [0.5, 0.6) is 0 Å². The average Bonchev–Trinajstić information content (AvgIpc) is 2.22. The van der Waals surface area contributed by atoms with Crippen molar-refractivity contribution in [3.63, 3.8) is 0 Å². The Morgan fingerprint density at radius 3 is 2.80 bits per heavy atom. The summed E-state index contributed by atoms with van der Waals surface area (Å²) in [5.74, 6) is -0.202. The molecule has 15 heavy (non-hydrogen) atoms. The minimum atomic E-state index is -0.202. The van der Waals surface area contributed by atoms with Crippen LogP contribution in [-0.4, -0.2) is 4.98 Å². The van der Waals surface area contributed by atoms with Gasteiger partial charge < -0.3 is 0 Å². The van der Waals surface area contributed by atoms with Crippen LogP contribution < -0.4 is 4.57 Å². The molecule has 3 heteroatoms. The van der Waals surface area contributed by atoms with Gasteiger partial charge in [0.15, 0.2) is 12.0 Å². The van der Waals surface area contributed by atoms with Crippen LogP contribution in [0.15, 0.2) is 36.7 Å². The third kappa shape index (κ3) is 1.86. The Bertz CT molecular complexity index is 495. The molecular formula is C12H12FN2+. The highest BCUT2D eigenvalue weighted by atomic mass is 19.1. The van der Waals surface area contributed by atoms with Gasteiger partial charge in [-0.3, -0.25) is 4.98 Å². The molecule has 76 valence electrons. The number of aryl methyl sites for hydroxylation is 1. The molecule has 0 bridgehead atoms. The standard InChI is InChI=1S/C12H12FN2/c1-9-8-11(5-6-14-9)15-7-3-4-12(13)10(15)2/h3-8H,1-2H3/q+1. The molecule has 0 atom stereocenters. The van der Waals surface area contributed by atoms with Gasteiger partial charge in [-0.25, -0.2) is 4.39 Å². The van der Waals surface area contributed by atoms with E-state index in [0.717, 1.165) is 11.4 Å². The maximum Gasteiger partial charge on any atom is 0.220 e. The molecule has 0 spiro atoms. The highest BCUT2D eigenvalue weighted by Crippen LogP contribution is 2.05. The Morgan fingerprint density at radius 1 is 1.27 bits per heavy atom. The van der Waals surface area contributed by atoms with Crippen molar-refractivity contribution in [2.45, 2.75) is 13.8 Å². The molecule has 2 aromatic rings. The van der Waals surface area contributed by atoms with Crippen LogP contribution in [-0.2, 0) is 0 Å². The monoisotopic (exact) mass is 203 g/mol. The molecule has 2 rings (SSSR count). The lowest BCUT2D eigenvalue weighted by molar-refractivity contribution is -0.604. The summed E-state index contributed by atoms with van der Waals surface area (Å²) in [4.78, 5) is 4.11. The Labute approximate surface area is 88.0 Å². The van der Waals surface area contributed by atoms with Crippen LogP contribution in [0.2, 0.25) is 0 Å². The van der Waals surface area contributed by atoms with Gasteiger partial charge in [-0.15, -0.1) is 0 Å². The topological polar surface area (TPSA) is 16.8 Å². The molecular weight excluding hydrogens is 191 g/mol. The van der Waals surface area contributed by atoms with E-state index in [-0.39, 0.29) is 5.82 Å². The molecule has 2 nitrogen and oxygen atoms in total. The molecule has 0 unspecified atom stereocenters. The minimum absolute atomic E-state index is 0.202. The molecule has 0 fully saturated rings. The van der Waals surface area contributed by atoms with E-state index in [1.54, 1.807) is 19.2 Å². The summed E-state index contributed by atoms with van der Waals surface area (Å²) in [6, 6.07) is 6.93. The molecule has 0 aliphatic carbocycles. The Morgan fingerprint density at radius 2 is 2.07 bits per heavy atom. The van der Waals surface area contributed by atoms with E-state index in [0.29, 0.717) is 5.69 Å². The van der Waals surface area contributed by atoms with Crippen molar-refractivity contribution in [2.24, 2.45) is 0 Å². The van der Waals surface area contributed by atoms with Gasteiger partial charge in [0.1, 0.15) is 0 Å². The summed E-state index contributed by atoms with van der Waals surface area (Å²) in [5.41, 5.74) is 2.45. The predicted molar refractivity (Wildman–Crippen MR) is 55.2 cm³/mol. The second kappa shape index (κ2) is 3.77. The summed E-state index contributed by atoms with van der Waals surface area (Å²) in [5, 5.41) is 0. The predicted octanol–water partition coefficient (Wildman–Crippen LogP) is 2.11. The Kier molecular flexibility index (Phi) is 2.46. The van der Waals surface area contributed by atoms with Gasteiger partial charge in [-0.2, -0.15) is 4.57 Å². The van der Waals surface area contributed by atoms with Crippen molar-refractivity contribution >= 4 is 0 Å². The molecule has 0 N–H and O–H groups in total. The van der Waals surface area contributed by atoms with E-state index in [2.05, 4.69) is 4.98 Å². The van der Waals surface area contributed by atoms with E-state index >= 15 is 0 Å². The zero-order chi connectivity index (χ0) is 10.8. The van der Waals surface area contributed by atoms with Crippen LogP contribution >= 0.6 is 0 Å². The number of rotatable bonds is 1. The lowest BCUT2D eigenvalue weighted by atomic mass is 10.3. The van der Waals surface area contributed by atoms with Crippen molar-refractivity contribution in [1.82, 2.24) is 4.98 Å². The van der Waals surface area contributed by atoms with Gasteiger partial charge in [0, 0.05) is 37.0 Å². The first-order valence-corrected chi connectivity index (χ1v) is 4.78. The van der Waals surface area contributed by atoms with Crippen LogP contribution in [0, 0.1) is 19.7 Å². The first-order valence-electron chi connectivity index (χ1n) is 4.78. The smallest absolute Gasteiger partial charge is 0.220 e. The van der Waals surface area contributed by atoms with E-state index in [4.69, 9.17) is 0 Å². The molecule has 0 aliphatic heterocycles. The number of aromatic nitrogens is 2. The molecule has 2 heterocycles. The molecule has 0 aromatic carbocycles. The quantitative estimate of drug-likeness (QED) is 0.649. The van der Waals surface area contributed by atoms with E-state index in [1.807, 2.05) is 29.8 Å². The zero-order valence-electron chi connectivity index (χ0n) is 8.74.